The number of hydrogen-bond acceptors (Lipinski definition) is 1. The number of urea groups is 1. The lowest BCUT2D eigenvalue weighted by atomic mass is 9.97. The van der Waals surface area contributed by atoms with Crippen molar-refractivity contribution in [2.45, 2.75) is 19.5 Å². The summed E-state index contributed by atoms with van der Waals surface area (Å²) in [5, 5.41) is 2.87. The zero-order chi connectivity index (χ0) is 22.2. The van der Waals surface area contributed by atoms with Crippen LogP contribution in [0.15, 0.2) is 85.1 Å². The fraction of sp³-hybridized carbons (Fsp3) is 0.115. The van der Waals surface area contributed by atoms with E-state index in [1.165, 1.54) is 18.2 Å². The van der Waals surface area contributed by atoms with Crippen LogP contribution in [0.5, 0.6) is 0 Å². The number of carbonyl (C=O) groups excluding carboxylic acids is 1. The lowest BCUT2D eigenvalue weighted by Crippen LogP contribution is -2.38. The molecule has 4 nitrogen and oxygen atoms in total. The zero-order valence-corrected chi connectivity index (χ0v) is 18.2. The Morgan fingerprint density at radius 2 is 1.81 bits per heavy atom. The molecule has 0 saturated heterocycles. The van der Waals surface area contributed by atoms with E-state index in [4.69, 9.17) is 11.6 Å². The maximum absolute atomic E-state index is 13.6. The molecule has 2 amide bonds. The number of anilines is 1. The molecule has 5 rings (SSSR count). The van der Waals surface area contributed by atoms with Crippen LogP contribution in [0.25, 0.3) is 5.69 Å². The molecule has 3 aromatic carbocycles. The summed E-state index contributed by atoms with van der Waals surface area (Å²) in [6.45, 7) is 2.47. The van der Waals surface area contributed by atoms with Crippen LogP contribution in [0.2, 0.25) is 5.02 Å². The van der Waals surface area contributed by atoms with Crippen molar-refractivity contribution in [3.05, 3.63) is 118 Å². The Morgan fingerprint density at radius 3 is 2.62 bits per heavy atom. The smallest absolute Gasteiger partial charge is 0.318 e. The van der Waals surface area contributed by atoms with Crippen molar-refractivity contribution >= 4 is 23.3 Å². The van der Waals surface area contributed by atoms with Crippen LogP contribution in [0, 0.1) is 12.7 Å². The van der Waals surface area contributed by atoms with Crippen LogP contribution in [-0.2, 0) is 6.54 Å². The van der Waals surface area contributed by atoms with E-state index in [9.17, 15) is 9.18 Å². The van der Waals surface area contributed by atoms with Crippen LogP contribution in [0.4, 0.5) is 14.9 Å². The van der Waals surface area contributed by atoms with Crippen LogP contribution in [-0.4, -0.2) is 15.5 Å². The summed E-state index contributed by atoms with van der Waals surface area (Å²) < 4.78 is 15.8. The quantitative estimate of drug-likeness (QED) is 0.365. The minimum absolute atomic E-state index is 0.0339. The number of nitrogens with one attached hydrogen (secondary N) is 1. The second-order valence-corrected chi connectivity index (χ2v) is 8.29. The summed E-state index contributed by atoms with van der Waals surface area (Å²) >= 11 is 5.93. The summed E-state index contributed by atoms with van der Waals surface area (Å²) in [5.74, 6) is -0.524. The highest BCUT2D eigenvalue weighted by Gasteiger charge is 2.33. The number of halogens is 2. The van der Waals surface area contributed by atoms with Gasteiger partial charge in [0.05, 0.1) is 17.3 Å². The second kappa shape index (κ2) is 8.17. The predicted octanol–water partition coefficient (Wildman–Crippen LogP) is 6.72. The van der Waals surface area contributed by atoms with Crippen LogP contribution in [0.1, 0.15) is 28.4 Å². The van der Waals surface area contributed by atoms with Gasteiger partial charge in [-0.25, -0.2) is 9.18 Å². The third-order valence-electron chi connectivity index (χ3n) is 5.88. The first kappa shape index (κ1) is 20.3. The standard InChI is InChI=1S/C26H21ClFN3O/c1-17-7-2-4-9-20(17)25-24-11-6-14-30(24)23-10-5-3-8-18(23)16-31(25)26(32)29-19-12-13-22(28)21(27)15-19/h2-15,25H,16H2,1H3,(H,29,32)/t25-/m1/s1. The molecule has 0 aliphatic carbocycles. The molecule has 1 N–H and O–H groups in total. The SMILES string of the molecule is Cc1ccccc1[C@@H]1c2cccn2-c2ccccc2CN1C(=O)Nc1ccc(F)c(Cl)c1. The first-order chi connectivity index (χ1) is 15.5. The third kappa shape index (κ3) is 3.55. The first-order valence-electron chi connectivity index (χ1n) is 10.4. The Kier molecular flexibility index (Phi) is 5.19. The lowest BCUT2D eigenvalue weighted by Gasteiger charge is -2.32. The third-order valence-corrected chi connectivity index (χ3v) is 6.17. The number of benzene rings is 3. The molecule has 0 saturated carbocycles. The van der Waals surface area contributed by atoms with E-state index in [0.717, 1.165) is 28.1 Å². The highest BCUT2D eigenvalue weighted by molar-refractivity contribution is 6.31. The molecule has 160 valence electrons. The van der Waals surface area contributed by atoms with E-state index in [-0.39, 0.29) is 17.1 Å². The van der Waals surface area contributed by atoms with Gasteiger partial charge in [0, 0.05) is 17.6 Å². The van der Waals surface area contributed by atoms with Gasteiger partial charge in [-0.2, -0.15) is 0 Å². The number of nitrogens with zero attached hydrogens (tertiary/aromatic N) is 2. The number of hydrogen-bond donors (Lipinski definition) is 1. The second-order valence-electron chi connectivity index (χ2n) is 7.88. The van der Waals surface area contributed by atoms with Gasteiger partial charge < -0.3 is 14.8 Å². The van der Waals surface area contributed by atoms with E-state index < -0.39 is 5.82 Å². The van der Waals surface area contributed by atoms with E-state index in [0.29, 0.717) is 12.2 Å². The van der Waals surface area contributed by atoms with Crippen LogP contribution >= 0.6 is 11.6 Å². The van der Waals surface area contributed by atoms with E-state index in [1.807, 2.05) is 53.6 Å². The fourth-order valence-corrected chi connectivity index (χ4v) is 4.51. The van der Waals surface area contributed by atoms with E-state index >= 15 is 0 Å². The highest BCUT2D eigenvalue weighted by Crippen LogP contribution is 2.38. The molecule has 1 atom stereocenters. The van der Waals surface area contributed by atoms with Gasteiger partial charge in [0.1, 0.15) is 11.9 Å². The van der Waals surface area contributed by atoms with E-state index in [2.05, 4.69) is 35.0 Å². The molecule has 0 radical (unpaired) electrons. The number of para-hydroxylation sites is 1. The Balaban J connectivity index is 1.64. The number of carbonyl (C=O) groups is 1. The molecule has 0 unspecified atom stereocenters. The number of rotatable bonds is 2. The van der Waals surface area contributed by atoms with Gasteiger partial charge in [-0.1, -0.05) is 54.1 Å². The van der Waals surface area contributed by atoms with Crippen molar-refractivity contribution in [2.75, 3.05) is 5.32 Å². The van der Waals surface area contributed by atoms with Gasteiger partial charge in [-0.3, -0.25) is 0 Å². The molecule has 2 heterocycles. The maximum Gasteiger partial charge on any atom is 0.322 e. The number of aryl methyl sites for hydroxylation is 1. The van der Waals surface area contributed by atoms with E-state index in [1.54, 1.807) is 0 Å². The molecule has 1 aliphatic heterocycles. The summed E-state index contributed by atoms with van der Waals surface area (Å²) in [7, 11) is 0. The van der Waals surface area contributed by atoms with Gasteiger partial charge in [0.2, 0.25) is 0 Å². The Bertz CT molecular complexity index is 1320. The molecule has 0 spiro atoms. The Hall–Kier alpha value is -3.57. The van der Waals surface area contributed by atoms with Crippen molar-refractivity contribution in [3.8, 4) is 5.69 Å². The van der Waals surface area contributed by atoms with Gasteiger partial charge in [-0.05, 0) is 60.0 Å². The summed E-state index contributed by atoms with van der Waals surface area (Å²) in [4.78, 5) is 15.4. The zero-order valence-electron chi connectivity index (χ0n) is 17.4. The molecule has 32 heavy (non-hydrogen) atoms. The molecule has 4 aromatic rings. The number of aromatic nitrogens is 1. The van der Waals surface area contributed by atoms with Crippen molar-refractivity contribution < 1.29 is 9.18 Å². The molecule has 1 aromatic heterocycles. The lowest BCUT2D eigenvalue weighted by molar-refractivity contribution is 0.194. The Labute approximate surface area is 190 Å². The largest absolute Gasteiger partial charge is 0.322 e. The Morgan fingerprint density at radius 1 is 1.03 bits per heavy atom. The molecular weight excluding hydrogens is 425 g/mol. The first-order valence-corrected chi connectivity index (χ1v) is 10.7. The monoisotopic (exact) mass is 445 g/mol. The molecule has 0 bridgehead atoms. The predicted molar refractivity (Wildman–Crippen MR) is 125 cm³/mol. The number of amides is 2. The summed E-state index contributed by atoms with van der Waals surface area (Å²) in [5.41, 5.74) is 5.67. The topological polar surface area (TPSA) is 37.3 Å². The van der Waals surface area contributed by atoms with Gasteiger partial charge in [0.25, 0.3) is 0 Å². The molecule has 1 aliphatic rings. The summed E-state index contributed by atoms with van der Waals surface area (Å²) in [6, 6.07) is 23.8. The maximum atomic E-state index is 13.6. The minimum Gasteiger partial charge on any atom is -0.318 e. The van der Waals surface area contributed by atoms with Crippen molar-refractivity contribution in [3.63, 3.8) is 0 Å². The number of fused-ring (bicyclic) bond motifs is 3. The average molecular weight is 446 g/mol. The normalized spacial score (nSPS) is 15.0. The minimum atomic E-state index is -0.524. The molecule has 6 heteroatoms. The highest BCUT2D eigenvalue weighted by atomic mass is 35.5. The fourth-order valence-electron chi connectivity index (χ4n) is 4.33. The van der Waals surface area contributed by atoms with Crippen LogP contribution in [0.3, 0.4) is 0 Å². The van der Waals surface area contributed by atoms with Crippen molar-refractivity contribution in [1.82, 2.24) is 9.47 Å². The van der Waals surface area contributed by atoms with Gasteiger partial charge in [0.15, 0.2) is 0 Å². The molecular formula is C26H21ClFN3O. The van der Waals surface area contributed by atoms with Gasteiger partial charge in [-0.15, -0.1) is 0 Å². The van der Waals surface area contributed by atoms with Crippen LogP contribution < -0.4 is 5.32 Å². The van der Waals surface area contributed by atoms with Crippen molar-refractivity contribution in [1.29, 1.82) is 0 Å². The average Bonchev–Trinajstić information content (AvgIpc) is 3.21. The van der Waals surface area contributed by atoms with Crippen molar-refractivity contribution in [2.24, 2.45) is 0 Å². The summed E-state index contributed by atoms with van der Waals surface area (Å²) in [6.07, 6.45) is 2.03. The van der Waals surface area contributed by atoms with Gasteiger partial charge >= 0.3 is 6.03 Å². The molecule has 0 fully saturated rings.